The average Bonchev–Trinajstić information content (AvgIpc) is 2.57. The summed E-state index contributed by atoms with van der Waals surface area (Å²) in [5.74, 6) is 2.29. The van der Waals surface area contributed by atoms with Crippen molar-refractivity contribution in [2.45, 2.75) is 38.3 Å². The molecule has 0 radical (unpaired) electrons. The van der Waals surface area contributed by atoms with Gasteiger partial charge in [0.05, 0.1) is 0 Å². The van der Waals surface area contributed by atoms with Crippen LogP contribution >= 0.6 is 36.6 Å². The maximum absolute atomic E-state index is 12.2. The summed E-state index contributed by atoms with van der Waals surface area (Å²) in [5.41, 5.74) is 2.21. The highest BCUT2D eigenvalue weighted by Crippen LogP contribution is 2.17. The Morgan fingerprint density at radius 3 is 2.76 bits per heavy atom. The molecular weight excluding hydrogens is 377 g/mol. The maximum atomic E-state index is 12.2. The molecule has 2 saturated heterocycles. The number of nitrogens with one attached hydrogen (secondary N) is 2. The summed E-state index contributed by atoms with van der Waals surface area (Å²) in [4.78, 5) is 14.7. The van der Waals surface area contributed by atoms with Crippen LogP contribution < -0.4 is 10.6 Å². The fourth-order valence-corrected chi connectivity index (χ4v) is 4.26. The van der Waals surface area contributed by atoms with Gasteiger partial charge in [-0.05, 0) is 43.6 Å². The van der Waals surface area contributed by atoms with E-state index in [9.17, 15) is 4.79 Å². The number of amides is 1. The first-order chi connectivity index (χ1) is 11.3. The highest BCUT2D eigenvalue weighted by atomic mass is 35.5. The van der Waals surface area contributed by atoms with Crippen LogP contribution in [0.25, 0.3) is 0 Å². The molecule has 1 unspecified atom stereocenters. The standard InChI is InChI=1S/C18H27N3OS.2ClH/c22-18(12-17-14-23-10-7-19-17)20-16-6-4-5-15(11-16)13-21-8-2-1-3-9-21;;/h4-6,11,17,19H,1-3,7-10,12-14H2,(H,20,22);2*1H. The lowest BCUT2D eigenvalue weighted by Gasteiger charge is -2.26. The van der Waals surface area contributed by atoms with E-state index in [4.69, 9.17) is 0 Å². The number of piperidine rings is 1. The number of halogens is 2. The Morgan fingerprint density at radius 1 is 1.24 bits per heavy atom. The summed E-state index contributed by atoms with van der Waals surface area (Å²) >= 11 is 1.93. The van der Waals surface area contributed by atoms with Crippen molar-refractivity contribution >= 4 is 48.2 Å². The van der Waals surface area contributed by atoms with Gasteiger partial charge in [-0.25, -0.2) is 0 Å². The minimum atomic E-state index is 0. The third kappa shape index (κ3) is 7.75. The molecule has 1 amide bonds. The Bertz CT molecular complexity index is 521. The Kier molecular flexibility index (Phi) is 10.9. The van der Waals surface area contributed by atoms with Gasteiger partial charge in [0, 0.05) is 42.7 Å². The molecule has 1 atom stereocenters. The lowest BCUT2D eigenvalue weighted by Crippen LogP contribution is -2.39. The van der Waals surface area contributed by atoms with Crippen molar-refractivity contribution in [1.29, 1.82) is 0 Å². The van der Waals surface area contributed by atoms with Gasteiger partial charge in [-0.1, -0.05) is 18.6 Å². The number of rotatable bonds is 5. The molecule has 4 nitrogen and oxygen atoms in total. The van der Waals surface area contributed by atoms with Crippen LogP contribution in [0.1, 0.15) is 31.2 Å². The zero-order valence-electron chi connectivity index (χ0n) is 14.5. The summed E-state index contributed by atoms with van der Waals surface area (Å²) in [6.45, 7) is 4.39. The molecule has 1 aromatic rings. The van der Waals surface area contributed by atoms with Crippen molar-refractivity contribution in [3.63, 3.8) is 0 Å². The second-order valence-electron chi connectivity index (χ2n) is 6.52. The molecule has 2 N–H and O–H groups in total. The number of benzene rings is 1. The third-order valence-electron chi connectivity index (χ3n) is 4.50. The summed E-state index contributed by atoms with van der Waals surface area (Å²) in [6, 6.07) is 8.62. The number of carbonyl (C=O) groups is 1. The molecule has 2 heterocycles. The van der Waals surface area contributed by atoms with Crippen LogP contribution in [0.5, 0.6) is 0 Å². The molecule has 0 bridgehead atoms. The van der Waals surface area contributed by atoms with E-state index >= 15 is 0 Å². The van der Waals surface area contributed by atoms with Gasteiger partial charge >= 0.3 is 0 Å². The molecule has 1 aromatic carbocycles. The van der Waals surface area contributed by atoms with E-state index in [-0.39, 0.29) is 30.7 Å². The zero-order valence-corrected chi connectivity index (χ0v) is 17.0. The normalized spacial score (nSPS) is 20.9. The molecule has 3 rings (SSSR count). The highest BCUT2D eigenvalue weighted by molar-refractivity contribution is 7.99. The summed E-state index contributed by atoms with van der Waals surface area (Å²) in [5, 5.41) is 6.47. The van der Waals surface area contributed by atoms with Crippen LogP contribution in [0.2, 0.25) is 0 Å². The molecule has 0 aliphatic carbocycles. The van der Waals surface area contributed by atoms with Gasteiger partial charge in [0.2, 0.25) is 5.91 Å². The molecule has 0 aromatic heterocycles. The maximum Gasteiger partial charge on any atom is 0.225 e. The van der Waals surface area contributed by atoms with Gasteiger partial charge < -0.3 is 10.6 Å². The number of anilines is 1. The zero-order chi connectivity index (χ0) is 15.9. The Balaban J connectivity index is 0.00000156. The van der Waals surface area contributed by atoms with Crippen molar-refractivity contribution in [2.24, 2.45) is 0 Å². The smallest absolute Gasteiger partial charge is 0.225 e. The Morgan fingerprint density at radius 2 is 2.04 bits per heavy atom. The average molecular weight is 406 g/mol. The van der Waals surface area contributed by atoms with E-state index in [0.717, 1.165) is 30.3 Å². The van der Waals surface area contributed by atoms with Gasteiger partial charge in [-0.2, -0.15) is 11.8 Å². The van der Waals surface area contributed by atoms with Crippen molar-refractivity contribution in [3.8, 4) is 0 Å². The van der Waals surface area contributed by atoms with E-state index in [1.807, 2.05) is 23.9 Å². The van der Waals surface area contributed by atoms with Gasteiger partial charge in [0.1, 0.15) is 0 Å². The number of likely N-dealkylation sites (tertiary alicyclic amines) is 1. The Labute approximate surface area is 167 Å². The number of thioether (sulfide) groups is 1. The quantitative estimate of drug-likeness (QED) is 0.785. The van der Waals surface area contributed by atoms with E-state index in [0.29, 0.717) is 12.5 Å². The van der Waals surface area contributed by atoms with E-state index in [2.05, 4.69) is 27.7 Å². The summed E-state index contributed by atoms with van der Waals surface area (Å²) in [7, 11) is 0. The molecule has 7 heteroatoms. The number of hydrogen-bond donors (Lipinski definition) is 2. The molecule has 2 aliphatic heterocycles. The fraction of sp³-hybridized carbons (Fsp3) is 0.611. The monoisotopic (exact) mass is 405 g/mol. The van der Waals surface area contributed by atoms with Crippen LogP contribution in [0, 0.1) is 0 Å². The molecule has 142 valence electrons. The van der Waals surface area contributed by atoms with E-state index in [1.165, 1.54) is 37.9 Å². The van der Waals surface area contributed by atoms with Crippen molar-refractivity contribution in [1.82, 2.24) is 10.2 Å². The third-order valence-corrected chi connectivity index (χ3v) is 5.63. The second-order valence-corrected chi connectivity index (χ2v) is 7.67. The van der Waals surface area contributed by atoms with Crippen molar-refractivity contribution in [3.05, 3.63) is 29.8 Å². The minimum Gasteiger partial charge on any atom is -0.326 e. The van der Waals surface area contributed by atoms with Gasteiger partial charge in [-0.3, -0.25) is 9.69 Å². The SMILES string of the molecule is Cl.Cl.O=C(CC1CSCCN1)Nc1cccc(CN2CCCCC2)c1. The minimum absolute atomic E-state index is 0. The van der Waals surface area contributed by atoms with Crippen LogP contribution in [0.3, 0.4) is 0 Å². The molecule has 2 aliphatic rings. The summed E-state index contributed by atoms with van der Waals surface area (Å²) < 4.78 is 0. The molecule has 25 heavy (non-hydrogen) atoms. The van der Waals surface area contributed by atoms with Crippen molar-refractivity contribution in [2.75, 3.05) is 36.5 Å². The number of nitrogens with zero attached hydrogens (tertiary/aromatic N) is 1. The predicted octanol–water partition coefficient (Wildman–Crippen LogP) is 3.55. The van der Waals surface area contributed by atoms with Crippen LogP contribution in [0.15, 0.2) is 24.3 Å². The topological polar surface area (TPSA) is 44.4 Å². The number of carbonyl (C=O) groups excluding carboxylic acids is 1. The van der Waals surface area contributed by atoms with Crippen LogP contribution in [-0.4, -0.2) is 48.0 Å². The summed E-state index contributed by atoms with van der Waals surface area (Å²) in [6.07, 6.45) is 4.54. The molecule has 2 fully saturated rings. The first-order valence-corrected chi connectivity index (χ1v) is 9.87. The largest absolute Gasteiger partial charge is 0.326 e. The second kappa shape index (κ2) is 12.0. The van der Waals surface area contributed by atoms with Gasteiger partial charge in [-0.15, -0.1) is 24.8 Å². The van der Waals surface area contributed by atoms with Gasteiger partial charge in [0.15, 0.2) is 0 Å². The predicted molar refractivity (Wildman–Crippen MR) is 112 cm³/mol. The molecule has 0 spiro atoms. The highest BCUT2D eigenvalue weighted by Gasteiger charge is 2.17. The van der Waals surface area contributed by atoms with Crippen LogP contribution in [0.4, 0.5) is 5.69 Å². The van der Waals surface area contributed by atoms with E-state index < -0.39 is 0 Å². The van der Waals surface area contributed by atoms with Crippen LogP contribution in [-0.2, 0) is 11.3 Å². The van der Waals surface area contributed by atoms with Crippen molar-refractivity contribution < 1.29 is 4.79 Å². The van der Waals surface area contributed by atoms with Gasteiger partial charge in [0.25, 0.3) is 0 Å². The Hall–Kier alpha value is -0.460. The lowest BCUT2D eigenvalue weighted by atomic mass is 10.1. The van der Waals surface area contributed by atoms with E-state index in [1.54, 1.807) is 0 Å². The first-order valence-electron chi connectivity index (χ1n) is 8.72. The number of hydrogen-bond acceptors (Lipinski definition) is 4. The lowest BCUT2D eigenvalue weighted by molar-refractivity contribution is -0.116. The molecular formula is C18H29Cl2N3OS. The first kappa shape index (κ1) is 22.6. The fourth-order valence-electron chi connectivity index (χ4n) is 3.31. The molecule has 0 saturated carbocycles.